The average Bonchev–Trinajstić information content (AvgIpc) is 2.43. The van der Waals surface area contributed by atoms with Gasteiger partial charge in [-0.05, 0) is 30.4 Å². The maximum absolute atomic E-state index is 4.29. The number of nitrogens with zero attached hydrogens (tertiary/aromatic N) is 2. The van der Waals surface area contributed by atoms with Crippen LogP contribution in [0.15, 0.2) is 50.8 Å². The Morgan fingerprint density at radius 3 is 2.84 bits per heavy atom. The molecule has 1 N–H and O–H groups in total. The standard InChI is InChI=1S/C15H17N3S/c1-16-10-4-6-12-14(8-10)19-15-9-11(18(2)3)5-7-13(15)17-12/h4-7,9,17H,8H2,1-3H3. The van der Waals surface area contributed by atoms with Gasteiger partial charge in [0, 0.05) is 54.5 Å². The lowest BCUT2D eigenvalue weighted by Gasteiger charge is -2.26. The van der Waals surface area contributed by atoms with E-state index in [1.807, 2.05) is 18.8 Å². The third-order valence-corrected chi connectivity index (χ3v) is 4.52. The van der Waals surface area contributed by atoms with Crippen molar-refractivity contribution in [3.05, 3.63) is 41.0 Å². The van der Waals surface area contributed by atoms with Crippen LogP contribution in [0.25, 0.3) is 0 Å². The summed E-state index contributed by atoms with van der Waals surface area (Å²) >= 11 is 1.85. The first-order valence-corrected chi connectivity index (χ1v) is 7.12. The predicted octanol–water partition coefficient (Wildman–Crippen LogP) is 3.51. The highest BCUT2D eigenvalue weighted by Gasteiger charge is 2.21. The predicted molar refractivity (Wildman–Crippen MR) is 84.4 cm³/mol. The number of hydrogen-bond donors (Lipinski definition) is 1. The zero-order chi connectivity index (χ0) is 13.4. The van der Waals surface area contributed by atoms with Crippen LogP contribution in [0, 0.1) is 0 Å². The molecule has 0 fully saturated rings. The fourth-order valence-electron chi connectivity index (χ4n) is 2.20. The summed E-state index contributed by atoms with van der Waals surface area (Å²) in [4.78, 5) is 9.06. The summed E-state index contributed by atoms with van der Waals surface area (Å²) in [5, 5.41) is 3.51. The Morgan fingerprint density at radius 1 is 1.26 bits per heavy atom. The summed E-state index contributed by atoms with van der Waals surface area (Å²) in [5.41, 5.74) is 4.77. The van der Waals surface area contributed by atoms with E-state index in [9.17, 15) is 0 Å². The lowest BCUT2D eigenvalue weighted by atomic mass is 10.1. The second kappa shape index (κ2) is 4.78. The lowest BCUT2D eigenvalue weighted by Crippen LogP contribution is -2.14. The van der Waals surface area contributed by atoms with Crippen LogP contribution >= 0.6 is 11.8 Å². The number of fused-ring (bicyclic) bond motifs is 1. The molecule has 98 valence electrons. The van der Waals surface area contributed by atoms with Crippen LogP contribution < -0.4 is 10.2 Å². The number of hydrogen-bond acceptors (Lipinski definition) is 4. The highest BCUT2D eigenvalue weighted by Crippen LogP contribution is 2.44. The first kappa shape index (κ1) is 12.4. The van der Waals surface area contributed by atoms with E-state index in [2.05, 4.69) is 59.7 Å². The number of aliphatic imine (C=N–C) groups is 1. The topological polar surface area (TPSA) is 27.6 Å². The fraction of sp³-hybridized carbons (Fsp3) is 0.267. The van der Waals surface area contributed by atoms with Gasteiger partial charge >= 0.3 is 0 Å². The van der Waals surface area contributed by atoms with Gasteiger partial charge in [-0.15, -0.1) is 0 Å². The van der Waals surface area contributed by atoms with Gasteiger partial charge in [0.15, 0.2) is 0 Å². The highest BCUT2D eigenvalue weighted by molar-refractivity contribution is 8.03. The number of benzene rings is 1. The molecule has 3 nitrogen and oxygen atoms in total. The molecule has 1 heterocycles. The zero-order valence-electron chi connectivity index (χ0n) is 11.4. The lowest BCUT2D eigenvalue weighted by molar-refractivity contribution is 1.12. The monoisotopic (exact) mass is 271 g/mol. The molecule has 2 aliphatic rings. The Morgan fingerprint density at radius 2 is 2.11 bits per heavy atom. The molecular formula is C15H17N3S. The minimum absolute atomic E-state index is 0.922. The Labute approximate surface area is 118 Å². The van der Waals surface area contributed by atoms with Gasteiger partial charge in [0.1, 0.15) is 0 Å². The molecule has 1 aliphatic heterocycles. The quantitative estimate of drug-likeness (QED) is 0.847. The molecule has 1 aromatic carbocycles. The molecule has 0 saturated carbocycles. The fourth-order valence-corrected chi connectivity index (χ4v) is 3.33. The van der Waals surface area contributed by atoms with Crippen molar-refractivity contribution < 1.29 is 0 Å². The van der Waals surface area contributed by atoms with Gasteiger partial charge < -0.3 is 10.2 Å². The van der Waals surface area contributed by atoms with Gasteiger partial charge in [0.05, 0.1) is 5.69 Å². The van der Waals surface area contributed by atoms with Crippen molar-refractivity contribution in [3.63, 3.8) is 0 Å². The van der Waals surface area contributed by atoms with Gasteiger partial charge in [-0.1, -0.05) is 11.8 Å². The van der Waals surface area contributed by atoms with E-state index in [0.717, 1.165) is 12.1 Å². The summed E-state index contributed by atoms with van der Waals surface area (Å²) in [6.45, 7) is 0. The summed E-state index contributed by atoms with van der Waals surface area (Å²) in [6, 6.07) is 6.53. The molecule has 0 spiro atoms. The molecule has 0 aromatic heterocycles. The first-order chi connectivity index (χ1) is 9.17. The highest BCUT2D eigenvalue weighted by atomic mass is 32.2. The number of allylic oxidation sites excluding steroid dienone is 3. The maximum Gasteiger partial charge on any atom is 0.0527 e. The summed E-state index contributed by atoms with van der Waals surface area (Å²) < 4.78 is 0. The largest absolute Gasteiger partial charge is 0.378 e. The first-order valence-electron chi connectivity index (χ1n) is 6.30. The summed E-state index contributed by atoms with van der Waals surface area (Å²) in [7, 11) is 5.99. The Bertz CT molecular complexity index is 612. The van der Waals surface area contributed by atoms with Crippen LogP contribution in [0.4, 0.5) is 11.4 Å². The Hall–Kier alpha value is -1.68. The molecule has 19 heavy (non-hydrogen) atoms. The van der Waals surface area contributed by atoms with E-state index in [1.165, 1.54) is 26.9 Å². The minimum Gasteiger partial charge on any atom is -0.378 e. The van der Waals surface area contributed by atoms with E-state index in [-0.39, 0.29) is 0 Å². The van der Waals surface area contributed by atoms with Crippen LogP contribution in [-0.2, 0) is 0 Å². The molecular weight excluding hydrogens is 254 g/mol. The van der Waals surface area contributed by atoms with E-state index >= 15 is 0 Å². The smallest absolute Gasteiger partial charge is 0.0527 e. The van der Waals surface area contributed by atoms with Crippen molar-refractivity contribution in [2.45, 2.75) is 11.3 Å². The van der Waals surface area contributed by atoms with Crippen molar-refractivity contribution in [2.24, 2.45) is 4.99 Å². The van der Waals surface area contributed by atoms with E-state index in [1.54, 1.807) is 0 Å². The number of nitrogens with one attached hydrogen (secondary N) is 1. The van der Waals surface area contributed by atoms with Crippen LogP contribution in [0.5, 0.6) is 0 Å². The SMILES string of the molecule is CN=C1C=CC2=C(C1)Sc1cc(N(C)C)ccc1N2. The third-order valence-electron chi connectivity index (χ3n) is 3.36. The average molecular weight is 271 g/mol. The molecule has 1 aliphatic carbocycles. The summed E-state index contributed by atoms with van der Waals surface area (Å²) in [5.74, 6) is 0. The zero-order valence-corrected chi connectivity index (χ0v) is 12.2. The third kappa shape index (κ3) is 2.28. The molecule has 0 unspecified atom stereocenters. The molecule has 0 radical (unpaired) electrons. The second-order valence-corrected chi connectivity index (χ2v) is 6.00. The molecule has 4 heteroatoms. The van der Waals surface area contributed by atoms with Crippen molar-refractivity contribution in [2.75, 3.05) is 31.4 Å². The number of rotatable bonds is 1. The molecule has 3 rings (SSSR count). The van der Waals surface area contributed by atoms with Crippen LogP contribution in [-0.4, -0.2) is 26.9 Å². The van der Waals surface area contributed by atoms with Gasteiger partial charge in [-0.2, -0.15) is 0 Å². The Balaban J connectivity index is 1.94. The maximum atomic E-state index is 4.29. The molecule has 0 atom stereocenters. The number of anilines is 2. The van der Waals surface area contributed by atoms with Crippen LogP contribution in [0.1, 0.15) is 6.42 Å². The molecule has 1 aromatic rings. The van der Waals surface area contributed by atoms with Gasteiger partial charge in [-0.3, -0.25) is 4.99 Å². The normalized spacial score (nSPS) is 19.0. The summed E-state index contributed by atoms with van der Waals surface area (Å²) in [6.07, 6.45) is 5.13. The Kier molecular flexibility index (Phi) is 3.11. The van der Waals surface area contributed by atoms with Gasteiger partial charge in [0.2, 0.25) is 0 Å². The van der Waals surface area contributed by atoms with Crippen LogP contribution in [0.3, 0.4) is 0 Å². The minimum atomic E-state index is 0.922. The van der Waals surface area contributed by atoms with Gasteiger partial charge in [0.25, 0.3) is 0 Å². The van der Waals surface area contributed by atoms with E-state index < -0.39 is 0 Å². The molecule has 0 bridgehead atoms. The van der Waals surface area contributed by atoms with E-state index in [0.29, 0.717) is 0 Å². The molecule has 0 amide bonds. The second-order valence-electron chi connectivity index (χ2n) is 4.86. The van der Waals surface area contributed by atoms with Crippen molar-refractivity contribution in [1.29, 1.82) is 0 Å². The van der Waals surface area contributed by atoms with Crippen molar-refractivity contribution in [1.82, 2.24) is 0 Å². The molecule has 0 saturated heterocycles. The number of thioether (sulfide) groups is 1. The van der Waals surface area contributed by atoms with Crippen LogP contribution in [0.2, 0.25) is 0 Å². The van der Waals surface area contributed by atoms with E-state index in [4.69, 9.17) is 0 Å². The van der Waals surface area contributed by atoms with Crippen molar-refractivity contribution in [3.8, 4) is 0 Å². The van der Waals surface area contributed by atoms with Gasteiger partial charge in [-0.25, -0.2) is 0 Å². The van der Waals surface area contributed by atoms with Crippen molar-refractivity contribution >= 4 is 28.8 Å².